The quantitative estimate of drug-likeness (QED) is 0.635. The maximum absolute atomic E-state index is 12.5. The van der Waals surface area contributed by atoms with Crippen LogP contribution in [0.5, 0.6) is 0 Å². The number of esters is 1. The fourth-order valence-corrected chi connectivity index (χ4v) is 3.71. The van der Waals surface area contributed by atoms with Crippen LogP contribution in [-0.2, 0) is 14.9 Å². The zero-order valence-electron chi connectivity index (χ0n) is 14.0. The van der Waals surface area contributed by atoms with Crippen molar-refractivity contribution in [1.82, 2.24) is 0 Å². The number of hydrogen-bond acceptors (Lipinski definition) is 3. The van der Waals surface area contributed by atoms with Crippen molar-refractivity contribution in [2.45, 2.75) is 63.9 Å². The number of hydrogen-bond donors (Lipinski definition) is 1. The Morgan fingerprint density at radius 3 is 2.25 bits per heavy atom. The maximum atomic E-state index is 12.5. The molecule has 0 saturated heterocycles. The predicted molar refractivity (Wildman–Crippen MR) is 105 cm³/mol. The molecule has 0 radical (unpaired) electrons. The van der Waals surface area contributed by atoms with Gasteiger partial charge in [0, 0.05) is 0 Å². The zero-order chi connectivity index (χ0) is 16.2. The summed E-state index contributed by atoms with van der Waals surface area (Å²) in [5.41, 5.74) is -0.535. The average Bonchev–Trinajstić information content (AvgIpc) is 3.03. The van der Waals surface area contributed by atoms with Gasteiger partial charge in [0.15, 0.2) is 23.0 Å². The van der Waals surface area contributed by atoms with Crippen LogP contribution in [0.25, 0.3) is 0 Å². The Morgan fingerprint density at radius 1 is 1.21 bits per heavy atom. The third-order valence-electron chi connectivity index (χ3n) is 4.93. The van der Waals surface area contributed by atoms with Gasteiger partial charge in [0.1, 0.15) is 0 Å². The van der Waals surface area contributed by atoms with Crippen LogP contribution in [0, 0.1) is 5.92 Å². The van der Waals surface area contributed by atoms with Crippen molar-refractivity contribution >= 4 is 42.2 Å². The Balaban J connectivity index is 0.00000264. The van der Waals surface area contributed by atoms with E-state index in [0.29, 0.717) is 13.0 Å². The van der Waals surface area contributed by atoms with Crippen molar-refractivity contribution in [3.05, 3.63) is 35.9 Å². The van der Waals surface area contributed by atoms with Gasteiger partial charge in [-0.25, -0.2) is 4.79 Å². The molecule has 1 aromatic carbocycles. The van der Waals surface area contributed by atoms with Gasteiger partial charge in [-0.3, -0.25) is 0 Å². The van der Waals surface area contributed by atoms with Gasteiger partial charge in [0.2, 0.25) is 0 Å². The fraction of sp³-hybridized carbons (Fsp3) is 0.632. The molecule has 1 aliphatic carbocycles. The van der Waals surface area contributed by atoms with Crippen LogP contribution in [0.1, 0.15) is 58.4 Å². The topological polar surface area (TPSA) is 46.5 Å². The zero-order valence-corrected chi connectivity index (χ0v) is 14.0. The summed E-state index contributed by atoms with van der Waals surface area (Å²) in [7, 11) is 0. The van der Waals surface area contributed by atoms with E-state index in [1.807, 2.05) is 18.2 Å². The van der Waals surface area contributed by atoms with Crippen molar-refractivity contribution in [2.75, 3.05) is 6.61 Å². The Kier molecular flexibility index (Phi) is 9.96. The van der Waals surface area contributed by atoms with Crippen LogP contribution >= 0.6 is 0 Å². The van der Waals surface area contributed by atoms with Gasteiger partial charge in [-0.1, -0.05) is 57.0 Å². The molecule has 1 N–H and O–H groups in total. The molecule has 1 atom stereocenters. The molecular weight excluding hydrogens is 310 g/mol. The van der Waals surface area contributed by atoms with Gasteiger partial charge in [-0.15, -0.1) is 0 Å². The van der Waals surface area contributed by atoms with Crippen molar-refractivity contribution in [2.24, 2.45) is 5.92 Å². The molecule has 3 nitrogen and oxygen atoms in total. The second-order valence-corrected chi connectivity index (χ2v) is 7.05. The Morgan fingerprint density at radius 2 is 1.75 bits per heavy atom. The molecule has 130 valence electrons. The van der Waals surface area contributed by atoms with Crippen LogP contribution in [0.4, 0.5) is 0 Å². The van der Waals surface area contributed by atoms with Gasteiger partial charge in [-0.05, 0) is 43.1 Å². The van der Waals surface area contributed by atoms with Crippen LogP contribution in [0.2, 0.25) is 0 Å². The van der Waals surface area contributed by atoms with Crippen LogP contribution in [-0.4, -0.2) is 59.5 Å². The molecule has 24 heavy (non-hydrogen) atoms. The van der Waals surface area contributed by atoms with Gasteiger partial charge in [0.25, 0.3) is 0 Å². The first-order valence-corrected chi connectivity index (χ1v) is 8.35. The van der Waals surface area contributed by atoms with Crippen molar-refractivity contribution < 1.29 is 14.6 Å². The van der Waals surface area contributed by atoms with Crippen molar-refractivity contribution in [1.29, 1.82) is 0 Å². The first kappa shape index (κ1) is 23.8. The third kappa shape index (κ3) is 5.39. The summed E-state index contributed by atoms with van der Waals surface area (Å²) in [5, 5.41) is 11.2. The number of ether oxygens (including phenoxy) is 1. The Bertz CT molecular complexity index is 501. The Hall–Kier alpha value is -0.220. The molecule has 1 fully saturated rings. The van der Waals surface area contributed by atoms with Crippen LogP contribution in [0.15, 0.2) is 30.3 Å². The molecule has 1 aliphatic rings. The second kappa shape index (κ2) is 10.1. The molecule has 5 heteroatoms. The molecule has 0 heterocycles. The summed E-state index contributed by atoms with van der Waals surface area (Å²) in [6.45, 7) is 6.26. The van der Waals surface area contributed by atoms with E-state index in [2.05, 4.69) is 26.0 Å². The van der Waals surface area contributed by atoms with Crippen LogP contribution < -0.4 is 0 Å². The molecule has 0 spiro atoms. The van der Waals surface area contributed by atoms with E-state index in [4.69, 9.17) is 4.74 Å². The number of benzene rings is 1. The molecule has 0 aromatic heterocycles. The van der Waals surface area contributed by atoms with Gasteiger partial charge < -0.3 is 9.84 Å². The fourth-order valence-electron chi connectivity index (χ4n) is 3.71. The summed E-state index contributed by atoms with van der Waals surface area (Å²) in [4.78, 5) is 12.5. The van der Waals surface area contributed by atoms with E-state index in [-0.39, 0.29) is 47.6 Å². The Labute approximate surface area is 168 Å². The standard InChI is InChI=1S/C19H28O3.Al.Li.4H/c1-4-22-17(20)19(21,16-12-8-9-13-16)14-18(2,3)15-10-6-5-7-11-15;;;;;;/h5-7,10-11,16,21H,4,8-9,12-14H2,1-3H3;;;;;;. The summed E-state index contributed by atoms with van der Waals surface area (Å²) < 4.78 is 5.21. The first-order valence-electron chi connectivity index (χ1n) is 8.35. The number of carbonyl (C=O) groups is 1. The predicted octanol–water partition coefficient (Wildman–Crippen LogP) is 2.01. The molecular formula is C19H32AlLiO3. The molecule has 0 amide bonds. The van der Waals surface area contributed by atoms with Crippen molar-refractivity contribution in [3.63, 3.8) is 0 Å². The summed E-state index contributed by atoms with van der Waals surface area (Å²) in [5.74, 6) is -0.444. The monoisotopic (exact) mass is 342 g/mol. The molecule has 1 unspecified atom stereocenters. The van der Waals surface area contributed by atoms with E-state index in [0.717, 1.165) is 31.2 Å². The van der Waals surface area contributed by atoms with Gasteiger partial charge >= 0.3 is 24.8 Å². The molecule has 0 aliphatic heterocycles. The molecule has 0 bridgehead atoms. The molecule has 1 aromatic rings. The van der Waals surface area contributed by atoms with Crippen molar-refractivity contribution in [3.8, 4) is 0 Å². The number of rotatable bonds is 6. The summed E-state index contributed by atoms with van der Waals surface area (Å²) in [6.07, 6.45) is 4.37. The first-order chi connectivity index (χ1) is 10.4. The van der Waals surface area contributed by atoms with Gasteiger partial charge in [0.05, 0.1) is 6.61 Å². The van der Waals surface area contributed by atoms with E-state index in [1.54, 1.807) is 6.92 Å². The second-order valence-electron chi connectivity index (χ2n) is 7.05. The molecule has 2 rings (SSSR count). The number of aliphatic hydroxyl groups is 1. The molecule has 1 saturated carbocycles. The van der Waals surface area contributed by atoms with E-state index >= 15 is 0 Å². The third-order valence-corrected chi connectivity index (χ3v) is 4.93. The minimum atomic E-state index is -1.38. The van der Waals surface area contributed by atoms with E-state index in [1.165, 1.54) is 0 Å². The van der Waals surface area contributed by atoms with E-state index < -0.39 is 11.6 Å². The summed E-state index contributed by atoms with van der Waals surface area (Å²) in [6, 6.07) is 10.1. The number of carbonyl (C=O) groups excluding carboxylic acids is 1. The van der Waals surface area contributed by atoms with E-state index in [9.17, 15) is 9.90 Å². The average molecular weight is 342 g/mol. The minimum absolute atomic E-state index is 0. The summed E-state index contributed by atoms with van der Waals surface area (Å²) >= 11 is 0. The van der Waals surface area contributed by atoms with Gasteiger partial charge in [-0.2, -0.15) is 0 Å². The van der Waals surface area contributed by atoms with Crippen LogP contribution in [0.3, 0.4) is 0 Å². The SMILES string of the molecule is CCOC(=O)C(O)(CC(C)(C)c1ccccc1)C1CCCC1.[AlH3].[LiH]. The normalized spacial score (nSPS) is 17.3.